The fourth-order valence-electron chi connectivity index (χ4n) is 2.04. The van der Waals surface area contributed by atoms with Gasteiger partial charge in [0.15, 0.2) is 0 Å². The normalized spacial score (nSPS) is 11.7. The number of pyridine rings is 2. The SMILES string of the molecule is CC(C)(C)c1cccc(C(C)(C)C)n1.Cc1ccnc(C)c1C. The van der Waals surface area contributed by atoms with Crippen LogP contribution in [-0.4, -0.2) is 9.97 Å². The molecule has 23 heavy (non-hydrogen) atoms. The molecule has 2 rings (SSSR count). The van der Waals surface area contributed by atoms with Crippen LogP contribution in [0.25, 0.3) is 0 Å². The zero-order valence-electron chi connectivity index (χ0n) is 16.3. The molecule has 0 unspecified atom stereocenters. The molecule has 0 N–H and O–H groups in total. The van der Waals surface area contributed by atoms with Crippen LogP contribution in [0.4, 0.5) is 0 Å². The molecule has 0 aromatic carbocycles. The van der Waals surface area contributed by atoms with E-state index >= 15 is 0 Å². The van der Waals surface area contributed by atoms with Crippen molar-refractivity contribution in [1.29, 1.82) is 0 Å². The van der Waals surface area contributed by atoms with E-state index in [2.05, 4.69) is 78.6 Å². The van der Waals surface area contributed by atoms with Crippen molar-refractivity contribution >= 4 is 0 Å². The van der Waals surface area contributed by atoms with Gasteiger partial charge in [-0.15, -0.1) is 0 Å². The molecule has 0 spiro atoms. The summed E-state index contributed by atoms with van der Waals surface area (Å²) in [4.78, 5) is 8.85. The van der Waals surface area contributed by atoms with Crippen molar-refractivity contribution in [2.75, 3.05) is 0 Å². The highest BCUT2D eigenvalue weighted by molar-refractivity contribution is 5.25. The molecule has 0 aliphatic carbocycles. The molecule has 2 nitrogen and oxygen atoms in total. The van der Waals surface area contributed by atoms with Gasteiger partial charge in [-0.3, -0.25) is 9.97 Å². The molecular formula is C21H32N2. The first-order valence-corrected chi connectivity index (χ1v) is 8.30. The molecule has 0 amide bonds. The molecule has 0 radical (unpaired) electrons. The number of aryl methyl sites for hydroxylation is 2. The fraction of sp³-hybridized carbons (Fsp3) is 0.524. The Morgan fingerprint density at radius 1 is 0.739 bits per heavy atom. The second-order valence-corrected chi connectivity index (χ2v) is 8.25. The van der Waals surface area contributed by atoms with Crippen molar-refractivity contribution in [2.24, 2.45) is 0 Å². The van der Waals surface area contributed by atoms with Crippen molar-refractivity contribution in [2.45, 2.75) is 73.1 Å². The van der Waals surface area contributed by atoms with E-state index in [0.29, 0.717) is 0 Å². The van der Waals surface area contributed by atoms with Gasteiger partial charge in [0.05, 0.1) is 0 Å². The third-order valence-corrected chi connectivity index (χ3v) is 4.01. The predicted octanol–water partition coefficient (Wildman–Crippen LogP) is 5.68. The summed E-state index contributed by atoms with van der Waals surface area (Å²) in [5.74, 6) is 0. The molecule has 2 aromatic rings. The number of nitrogens with zero attached hydrogens (tertiary/aromatic N) is 2. The number of rotatable bonds is 0. The van der Waals surface area contributed by atoms with Crippen LogP contribution < -0.4 is 0 Å². The van der Waals surface area contributed by atoms with E-state index in [-0.39, 0.29) is 10.8 Å². The molecule has 0 saturated carbocycles. The van der Waals surface area contributed by atoms with E-state index in [1.54, 1.807) is 0 Å². The van der Waals surface area contributed by atoms with Gasteiger partial charge in [0.25, 0.3) is 0 Å². The van der Waals surface area contributed by atoms with Crippen LogP contribution in [0.5, 0.6) is 0 Å². The van der Waals surface area contributed by atoms with Crippen molar-refractivity contribution < 1.29 is 0 Å². The van der Waals surface area contributed by atoms with Crippen LogP contribution in [0.15, 0.2) is 30.5 Å². The van der Waals surface area contributed by atoms with Gasteiger partial charge in [-0.25, -0.2) is 0 Å². The molecule has 0 bridgehead atoms. The van der Waals surface area contributed by atoms with Crippen molar-refractivity contribution in [3.8, 4) is 0 Å². The number of hydrogen-bond donors (Lipinski definition) is 0. The Morgan fingerprint density at radius 3 is 1.57 bits per heavy atom. The number of aromatic nitrogens is 2. The van der Waals surface area contributed by atoms with E-state index in [1.807, 2.05) is 19.2 Å². The predicted molar refractivity (Wildman–Crippen MR) is 100 cm³/mol. The quantitative estimate of drug-likeness (QED) is 0.625. The van der Waals surface area contributed by atoms with Gasteiger partial charge in [-0.2, -0.15) is 0 Å². The Morgan fingerprint density at radius 2 is 1.22 bits per heavy atom. The highest BCUT2D eigenvalue weighted by Gasteiger charge is 2.20. The smallest absolute Gasteiger partial charge is 0.0460 e. The van der Waals surface area contributed by atoms with E-state index in [9.17, 15) is 0 Å². The Balaban J connectivity index is 0.000000253. The first kappa shape index (κ1) is 19.3. The second kappa shape index (κ2) is 7.25. The third kappa shape index (κ3) is 5.78. The lowest BCUT2D eigenvalue weighted by Crippen LogP contribution is -2.19. The van der Waals surface area contributed by atoms with Crippen LogP contribution >= 0.6 is 0 Å². The van der Waals surface area contributed by atoms with Crippen molar-refractivity contribution in [1.82, 2.24) is 9.97 Å². The maximum atomic E-state index is 4.72. The summed E-state index contributed by atoms with van der Waals surface area (Å²) < 4.78 is 0. The monoisotopic (exact) mass is 312 g/mol. The maximum Gasteiger partial charge on any atom is 0.0460 e. The maximum absolute atomic E-state index is 4.72. The lowest BCUT2D eigenvalue weighted by molar-refractivity contribution is 0.531. The van der Waals surface area contributed by atoms with E-state index in [0.717, 1.165) is 5.69 Å². The standard InChI is InChI=1S/C13H21N.C8H11N/c1-12(2,3)10-8-7-9-11(14-10)13(4,5)6;1-6-4-5-9-8(3)7(6)2/h7-9H,1-6H3;4-5H,1-3H3. The average Bonchev–Trinajstić information content (AvgIpc) is 2.44. The minimum atomic E-state index is 0.140. The van der Waals surface area contributed by atoms with Gasteiger partial charge in [-0.05, 0) is 50.1 Å². The summed E-state index contributed by atoms with van der Waals surface area (Å²) in [6.07, 6.45) is 1.84. The first-order valence-electron chi connectivity index (χ1n) is 8.30. The summed E-state index contributed by atoms with van der Waals surface area (Å²) in [5, 5.41) is 0. The molecule has 2 heteroatoms. The van der Waals surface area contributed by atoms with Gasteiger partial charge in [0, 0.05) is 34.1 Å². The Kier molecular flexibility index (Phi) is 6.10. The fourth-order valence-corrected chi connectivity index (χ4v) is 2.04. The molecule has 2 heterocycles. The van der Waals surface area contributed by atoms with Gasteiger partial charge in [-0.1, -0.05) is 47.6 Å². The lowest BCUT2D eigenvalue weighted by Gasteiger charge is -2.23. The summed E-state index contributed by atoms with van der Waals surface area (Å²) in [5.41, 5.74) is 6.38. The Bertz CT molecular complexity index is 594. The second-order valence-electron chi connectivity index (χ2n) is 8.25. The summed E-state index contributed by atoms with van der Waals surface area (Å²) in [6.45, 7) is 19.4. The molecule has 126 valence electrons. The zero-order valence-corrected chi connectivity index (χ0v) is 16.3. The molecule has 0 fully saturated rings. The van der Waals surface area contributed by atoms with Gasteiger partial charge in [0.1, 0.15) is 0 Å². The summed E-state index contributed by atoms with van der Waals surface area (Å²) in [6, 6.07) is 8.35. The van der Waals surface area contributed by atoms with Crippen LogP contribution in [0.2, 0.25) is 0 Å². The van der Waals surface area contributed by atoms with Crippen molar-refractivity contribution in [3.05, 3.63) is 58.7 Å². The molecule has 2 aromatic heterocycles. The van der Waals surface area contributed by atoms with Gasteiger partial charge >= 0.3 is 0 Å². The van der Waals surface area contributed by atoms with Crippen LogP contribution in [0.1, 0.15) is 69.8 Å². The average molecular weight is 313 g/mol. The zero-order chi connectivity index (χ0) is 17.8. The largest absolute Gasteiger partial charge is 0.261 e. The molecule has 0 atom stereocenters. The first-order chi connectivity index (χ1) is 10.4. The molecular weight excluding hydrogens is 280 g/mol. The van der Waals surface area contributed by atoms with Gasteiger partial charge in [0.2, 0.25) is 0 Å². The highest BCUT2D eigenvalue weighted by Crippen LogP contribution is 2.25. The van der Waals surface area contributed by atoms with Crippen LogP contribution in [-0.2, 0) is 10.8 Å². The summed E-state index contributed by atoms with van der Waals surface area (Å²) >= 11 is 0. The van der Waals surface area contributed by atoms with Gasteiger partial charge < -0.3 is 0 Å². The topological polar surface area (TPSA) is 25.8 Å². The minimum Gasteiger partial charge on any atom is -0.261 e. The van der Waals surface area contributed by atoms with E-state index in [4.69, 9.17) is 4.98 Å². The van der Waals surface area contributed by atoms with Crippen LogP contribution in [0, 0.1) is 20.8 Å². The molecule has 0 aliphatic heterocycles. The Labute approximate surface area is 142 Å². The molecule has 0 saturated heterocycles. The summed E-state index contributed by atoms with van der Waals surface area (Å²) in [7, 11) is 0. The minimum absolute atomic E-state index is 0.140. The third-order valence-electron chi connectivity index (χ3n) is 4.01. The molecule has 0 aliphatic rings. The van der Waals surface area contributed by atoms with E-state index < -0.39 is 0 Å². The number of hydrogen-bond acceptors (Lipinski definition) is 2. The lowest BCUT2D eigenvalue weighted by atomic mass is 9.88. The highest BCUT2D eigenvalue weighted by atomic mass is 14.7. The Hall–Kier alpha value is -1.70. The van der Waals surface area contributed by atoms with Crippen LogP contribution in [0.3, 0.4) is 0 Å². The van der Waals surface area contributed by atoms with Crippen molar-refractivity contribution in [3.63, 3.8) is 0 Å². The van der Waals surface area contributed by atoms with E-state index in [1.165, 1.54) is 22.5 Å².